The fourth-order valence-corrected chi connectivity index (χ4v) is 4.77. The topological polar surface area (TPSA) is 158 Å². The first kappa shape index (κ1) is 27.3. The van der Waals surface area contributed by atoms with Crippen LogP contribution in [0.2, 0.25) is 5.02 Å². The number of amides is 1. The number of nitrogens with zero attached hydrogens (tertiary/aromatic N) is 6. The highest BCUT2D eigenvalue weighted by Crippen LogP contribution is 2.36. The van der Waals surface area contributed by atoms with E-state index in [0.717, 1.165) is 17.3 Å². The molecule has 1 aliphatic rings. The van der Waals surface area contributed by atoms with Gasteiger partial charge in [-0.3, -0.25) is 13.3 Å². The number of ether oxygens (including phenoxy) is 1. The zero-order valence-corrected chi connectivity index (χ0v) is 22.7. The minimum absolute atomic E-state index is 0.0308. The molecule has 12 nitrogen and oxygen atoms in total. The lowest BCUT2D eigenvalue weighted by atomic mass is 10.2. The molecule has 1 aromatic heterocycles. The minimum Gasteiger partial charge on any atom is -0.755 e. The molecule has 0 aliphatic carbocycles. The molecule has 14 heteroatoms. The normalized spacial score (nSPS) is 15.2. The zero-order chi connectivity index (χ0) is 28.1. The summed E-state index contributed by atoms with van der Waals surface area (Å²) in [4.78, 5) is 25.6. The van der Waals surface area contributed by atoms with Crippen molar-refractivity contribution in [3.05, 3.63) is 77.3 Å². The van der Waals surface area contributed by atoms with Gasteiger partial charge in [-0.15, -0.1) is 0 Å². The molecule has 1 amide bonds. The monoisotopic (exact) mass is 578 g/mol. The second kappa shape index (κ2) is 12.3. The molecule has 1 saturated heterocycles. The van der Waals surface area contributed by atoms with E-state index in [0.29, 0.717) is 34.0 Å². The second-order valence-electron chi connectivity index (χ2n) is 8.67. The van der Waals surface area contributed by atoms with E-state index in [9.17, 15) is 13.6 Å². The summed E-state index contributed by atoms with van der Waals surface area (Å²) < 4.78 is 31.5. The van der Waals surface area contributed by atoms with Crippen molar-refractivity contribution in [3.63, 3.8) is 0 Å². The standard InChI is InChI=1S/C26H23ClN8O4S/c1-39-19-9-10-20(27)23(14-19)30-24-25(31-22-8-3-2-7-21(22)29-24)35(40(37)38)18-6-4-5-16(13-18)26(36)33-34-32-17-11-12-28-15-17/h2-10,13-14,17,28H,11-12,15H2,1H3,(H-,29,30,37,38). The Balaban J connectivity index is 1.56. The highest BCUT2D eigenvalue weighted by atomic mass is 35.5. The van der Waals surface area contributed by atoms with Crippen molar-refractivity contribution in [1.29, 1.82) is 0 Å². The quantitative estimate of drug-likeness (QED) is 0.176. The lowest BCUT2D eigenvalue weighted by molar-refractivity contribution is 0.0992. The number of para-hydroxylation sites is 2. The Bertz CT molecular complexity index is 1660. The first-order valence-electron chi connectivity index (χ1n) is 12.2. The van der Waals surface area contributed by atoms with Gasteiger partial charge < -0.3 is 19.9 Å². The predicted molar refractivity (Wildman–Crippen MR) is 151 cm³/mol. The van der Waals surface area contributed by atoms with Crippen LogP contribution < -0.4 is 24.6 Å². The van der Waals surface area contributed by atoms with Gasteiger partial charge in [-0.2, -0.15) is 0 Å². The molecule has 2 atom stereocenters. The van der Waals surface area contributed by atoms with Gasteiger partial charge in [0.1, 0.15) is 16.9 Å². The van der Waals surface area contributed by atoms with Crippen molar-refractivity contribution in [3.8, 4) is 5.75 Å². The van der Waals surface area contributed by atoms with E-state index in [2.05, 4.69) is 35.7 Å². The molecule has 1 aliphatic heterocycles. The van der Waals surface area contributed by atoms with Gasteiger partial charge in [0.25, 0.3) is 0 Å². The van der Waals surface area contributed by atoms with Crippen molar-refractivity contribution < 1.29 is 18.3 Å². The van der Waals surface area contributed by atoms with E-state index in [1.165, 1.54) is 31.4 Å². The third kappa shape index (κ3) is 6.14. The summed E-state index contributed by atoms with van der Waals surface area (Å²) >= 11 is 3.54. The third-order valence-electron chi connectivity index (χ3n) is 6.03. The van der Waals surface area contributed by atoms with Crippen LogP contribution in [0.1, 0.15) is 16.8 Å². The molecule has 2 N–H and O–H groups in total. The van der Waals surface area contributed by atoms with Gasteiger partial charge in [-0.25, -0.2) is 9.97 Å². The van der Waals surface area contributed by atoms with Crippen molar-refractivity contribution in [2.75, 3.05) is 29.8 Å². The minimum atomic E-state index is -2.86. The number of rotatable bonds is 8. The van der Waals surface area contributed by atoms with Gasteiger partial charge in [0.05, 0.1) is 51.4 Å². The van der Waals surface area contributed by atoms with Crippen LogP contribution in [0.4, 0.5) is 23.0 Å². The largest absolute Gasteiger partial charge is 0.755 e. The smallest absolute Gasteiger partial charge is 0.360 e. The van der Waals surface area contributed by atoms with Crippen LogP contribution in [0.5, 0.6) is 5.75 Å². The van der Waals surface area contributed by atoms with Gasteiger partial charge >= 0.3 is 5.91 Å². The molecule has 5 rings (SSSR count). The van der Waals surface area contributed by atoms with E-state index in [1.807, 2.05) is 0 Å². The van der Waals surface area contributed by atoms with E-state index in [4.69, 9.17) is 16.3 Å². The summed E-state index contributed by atoms with van der Waals surface area (Å²) in [5.41, 5.74) is 1.66. The van der Waals surface area contributed by atoms with Crippen molar-refractivity contribution in [2.24, 2.45) is 10.2 Å². The second-order valence-corrected chi connectivity index (χ2v) is 9.88. The van der Waals surface area contributed by atoms with E-state index in [1.54, 1.807) is 42.5 Å². The number of hydrogen-bond acceptors (Lipinski definition) is 9. The van der Waals surface area contributed by atoms with Gasteiger partial charge in [-0.05, 0) is 55.4 Å². The van der Waals surface area contributed by atoms with Gasteiger partial charge in [0.15, 0.2) is 11.6 Å². The average molecular weight is 579 g/mol. The lowest BCUT2D eigenvalue weighted by Gasteiger charge is -2.27. The summed E-state index contributed by atoms with van der Waals surface area (Å²) in [6.07, 6.45) is 0.817. The van der Waals surface area contributed by atoms with E-state index < -0.39 is 17.2 Å². The third-order valence-corrected chi connectivity index (χ3v) is 7.04. The molecular weight excluding hydrogens is 556 g/mol. The Labute approximate surface area is 236 Å². The molecule has 40 heavy (non-hydrogen) atoms. The van der Waals surface area contributed by atoms with Crippen molar-refractivity contribution in [1.82, 2.24) is 20.2 Å². The van der Waals surface area contributed by atoms with E-state index in [-0.39, 0.29) is 28.9 Å². The van der Waals surface area contributed by atoms with Crippen LogP contribution in [0, 0.1) is 0 Å². The molecule has 1 fully saturated rings. The van der Waals surface area contributed by atoms with E-state index >= 15 is 0 Å². The number of hydrogen-bond donors (Lipinski definition) is 2. The number of methoxy groups -OCH3 is 1. The van der Waals surface area contributed by atoms with Crippen LogP contribution >= 0.6 is 11.6 Å². The number of anilines is 4. The molecular formula is C26H23ClN8O4S. The maximum atomic E-state index is 12.7. The number of benzene rings is 3. The first-order valence-corrected chi connectivity index (χ1v) is 13.6. The fourth-order valence-electron chi connectivity index (χ4n) is 4.05. The van der Waals surface area contributed by atoms with Crippen molar-refractivity contribution >= 4 is 62.8 Å². The van der Waals surface area contributed by atoms with Crippen LogP contribution in [0.3, 0.4) is 0 Å². The molecule has 0 bridgehead atoms. The summed E-state index contributed by atoms with van der Waals surface area (Å²) in [7, 11) is 1.52. The zero-order valence-electron chi connectivity index (χ0n) is 21.2. The number of carbonyl (C=O) groups is 1. The first-order chi connectivity index (χ1) is 19.4. The number of fused-ring (bicyclic) bond motifs is 1. The Hall–Kier alpha value is -4.26. The maximum absolute atomic E-state index is 12.7. The fraction of sp³-hybridized carbons (Fsp3) is 0.192. The summed E-state index contributed by atoms with van der Waals surface area (Å²) in [6, 6.07) is 17.9. The SMILES string of the molecule is COc1ccc(Cl)c(Nc2nc3ccccc3nc2N(c2cccc(C(=O)N=[N+]=NC3CCNC3)c2)S(=O)[O-])c1. The number of aromatic nitrogens is 2. The van der Waals surface area contributed by atoms with Crippen LogP contribution in [-0.4, -0.2) is 50.9 Å². The predicted octanol–water partition coefficient (Wildman–Crippen LogP) is 4.44. The molecule has 3 aromatic carbocycles. The summed E-state index contributed by atoms with van der Waals surface area (Å²) in [6.45, 7) is 1.51. The molecule has 0 saturated carbocycles. The lowest BCUT2D eigenvalue weighted by Crippen LogP contribution is -2.22. The highest BCUT2D eigenvalue weighted by Gasteiger charge is 2.22. The Morgan fingerprint density at radius 2 is 1.98 bits per heavy atom. The Morgan fingerprint density at radius 1 is 1.18 bits per heavy atom. The van der Waals surface area contributed by atoms with Crippen LogP contribution in [-0.2, 0) is 11.3 Å². The number of carbonyl (C=O) groups excluding carboxylic acids is 1. The Kier molecular flexibility index (Phi) is 8.39. The molecule has 204 valence electrons. The van der Waals surface area contributed by atoms with Crippen molar-refractivity contribution in [2.45, 2.75) is 12.5 Å². The summed E-state index contributed by atoms with van der Waals surface area (Å²) in [5, 5.41) is 14.3. The van der Waals surface area contributed by atoms with Crippen LogP contribution in [0.25, 0.3) is 11.0 Å². The number of halogens is 1. The highest BCUT2D eigenvalue weighted by molar-refractivity contribution is 7.81. The number of nitrogens with one attached hydrogen (secondary N) is 2. The molecule has 0 spiro atoms. The van der Waals surface area contributed by atoms with Gasteiger partial charge in [0, 0.05) is 12.6 Å². The van der Waals surface area contributed by atoms with Gasteiger partial charge in [-0.1, -0.05) is 29.8 Å². The molecule has 4 aromatic rings. The maximum Gasteiger partial charge on any atom is 0.360 e. The Morgan fingerprint density at radius 3 is 2.70 bits per heavy atom. The van der Waals surface area contributed by atoms with Gasteiger partial charge in [0.2, 0.25) is 10.0 Å². The average Bonchev–Trinajstić information content (AvgIpc) is 3.48. The molecule has 2 heterocycles. The van der Waals surface area contributed by atoms with Crippen LogP contribution in [0.15, 0.2) is 77.0 Å². The molecule has 0 radical (unpaired) electrons. The molecule has 2 unspecified atom stereocenters. The summed E-state index contributed by atoms with van der Waals surface area (Å²) in [5.74, 6) is -0.0682.